The van der Waals surface area contributed by atoms with Gasteiger partial charge in [0.2, 0.25) is 5.91 Å². The Balaban J connectivity index is 1.85. The first-order chi connectivity index (χ1) is 12.0. The number of aromatic carboxylic acids is 1. The van der Waals surface area contributed by atoms with Gasteiger partial charge in [0.25, 0.3) is 0 Å². The van der Waals surface area contributed by atoms with Crippen molar-refractivity contribution >= 4 is 29.3 Å². The first-order valence-electron chi connectivity index (χ1n) is 8.52. The van der Waals surface area contributed by atoms with E-state index in [4.69, 9.17) is 4.74 Å². The number of likely N-dealkylation sites (tertiary alicyclic amines) is 1. The summed E-state index contributed by atoms with van der Waals surface area (Å²) in [5, 5.41) is 12.6. The zero-order valence-electron chi connectivity index (χ0n) is 15.5. The molecule has 0 aliphatic carbocycles. The lowest BCUT2D eigenvalue weighted by atomic mass is 10.0. The average molecular weight is 383 g/mol. The Bertz CT molecular complexity index is 687. The van der Waals surface area contributed by atoms with Crippen LogP contribution in [0.4, 0.5) is 4.79 Å². The Labute approximate surface area is 156 Å². The third-order valence-corrected chi connectivity index (χ3v) is 4.89. The number of ether oxygens (including phenoxy) is 1. The molecule has 0 atom stereocenters. The van der Waals surface area contributed by atoms with Gasteiger partial charge in [-0.15, -0.1) is 11.3 Å². The number of alkyl carbamates (subject to hydrolysis) is 1. The summed E-state index contributed by atoms with van der Waals surface area (Å²) in [5.74, 6) is -1.20. The molecule has 0 bridgehead atoms. The number of carbonyl (C=O) groups excluding carboxylic acids is 2. The van der Waals surface area contributed by atoms with Crippen LogP contribution in [0.15, 0.2) is 0 Å². The molecule has 144 valence electrons. The minimum Gasteiger partial charge on any atom is -0.477 e. The van der Waals surface area contributed by atoms with Crippen LogP contribution in [-0.2, 0) is 16.0 Å². The van der Waals surface area contributed by atoms with Gasteiger partial charge in [-0.3, -0.25) is 4.79 Å². The lowest BCUT2D eigenvalue weighted by Crippen LogP contribution is -2.48. The van der Waals surface area contributed by atoms with Crippen LogP contribution in [0.3, 0.4) is 0 Å². The molecule has 0 aromatic carbocycles. The van der Waals surface area contributed by atoms with Crippen molar-refractivity contribution < 1.29 is 24.2 Å². The standard InChI is InChI=1S/C17H25N3O5S/c1-10-18-12(14(26-10)15(22)23)9-13(21)20-7-5-11(6-8-20)19-16(24)25-17(2,3)4/h11H,5-9H2,1-4H3,(H,19,24)(H,22,23). The highest BCUT2D eigenvalue weighted by atomic mass is 32.1. The number of piperidine rings is 1. The van der Waals surface area contributed by atoms with Crippen molar-refractivity contribution in [3.8, 4) is 0 Å². The van der Waals surface area contributed by atoms with E-state index in [1.807, 2.05) is 0 Å². The molecule has 0 spiro atoms. The van der Waals surface area contributed by atoms with Crippen molar-refractivity contribution in [2.24, 2.45) is 0 Å². The number of hydrogen-bond donors (Lipinski definition) is 2. The molecule has 2 N–H and O–H groups in total. The van der Waals surface area contributed by atoms with Crippen molar-refractivity contribution in [2.45, 2.75) is 58.6 Å². The van der Waals surface area contributed by atoms with Gasteiger partial charge in [-0.2, -0.15) is 0 Å². The fourth-order valence-electron chi connectivity index (χ4n) is 2.76. The lowest BCUT2D eigenvalue weighted by Gasteiger charge is -2.32. The fourth-order valence-corrected chi connectivity index (χ4v) is 3.53. The van der Waals surface area contributed by atoms with Gasteiger partial charge in [0.05, 0.1) is 17.1 Å². The van der Waals surface area contributed by atoms with Crippen LogP contribution in [0.5, 0.6) is 0 Å². The molecule has 1 aliphatic rings. The smallest absolute Gasteiger partial charge is 0.407 e. The third-order valence-electron chi connectivity index (χ3n) is 3.89. The van der Waals surface area contributed by atoms with Crippen molar-refractivity contribution in [2.75, 3.05) is 13.1 Å². The second-order valence-corrected chi connectivity index (χ2v) is 8.50. The van der Waals surface area contributed by atoms with Gasteiger partial charge in [-0.05, 0) is 40.5 Å². The number of nitrogens with zero attached hydrogens (tertiary/aromatic N) is 2. The highest BCUT2D eigenvalue weighted by Crippen LogP contribution is 2.20. The zero-order valence-corrected chi connectivity index (χ0v) is 16.3. The van der Waals surface area contributed by atoms with Crippen molar-refractivity contribution in [1.82, 2.24) is 15.2 Å². The first kappa shape index (κ1) is 20.2. The number of thiazole rings is 1. The van der Waals surface area contributed by atoms with Gasteiger partial charge in [-0.1, -0.05) is 0 Å². The SMILES string of the molecule is Cc1nc(CC(=O)N2CCC(NC(=O)OC(C)(C)C)CC2)c(C(=O)O)s1. The molecule has 2 heterocycles. The van der Waals surface area contributed by atoms with Crippen LogP contribution in [-0.4, -0.2) is 57.7 Å². The normalized spacial score (nSPS) is 15.6. The van der Waals surface area contributed by atoms with E-state index in [1.54, 1.807) is 32.6 Å². The van der Waals surface area contributed by atoms with E-state index >= 15 is 0 Å². The maximum atomic E-state index is 12.5. The minimum atomic E-state index is -1.06. The number of carboxylic acid groups (broad SMARTS) is 1. The Morgan fingerprint density at radius 2 is 1.92 bits per heavy atom. The molecule has 0 saturated carbocycles. The van der Waals surface area contributed by atoms with Crippen LogP contribution in [0, 0.1) is 6.92 Å². The summed E-state index contributed by atoms with van der Waals surface area (Å²) in [4.78, 5) is 41.5. The largest absolute Gasteiger partial charge is 0.477 e. The zero-order chi connectivity index (χ0) is 19.5. The highest BCUT2D eigenvalue weighted by molar-refractivity contribution is 7.13. The molecule has 1 fully saturated rings. The number of amides is 2. The number of aromatic nitrogens is 1. The predicted molar refractivity (Wildman–Crippen MR) is 96.5 cm³/mol. The second kappa shape index (κ2) is 8.03. The molecule has 2 rings (SSSR count). The van der Waals surface area contributed by atoms with Crippen molar-refractivity contribution in [3.05, 3.63) is 15.6 Å². The van der Waals surface area contributed by atoms with Gasteiger partial charge in [-0.25, -0.2) is 14.6 Å². The summed E-state index contributed by atoms with van der Waals surface area (Å²) in [6, 6.07) is -0.0370. The number of nitrogens with one attached hydrogen (secondary N) is 1. The summed E-state index contributed by atoms with van der Waals surface area (Å²) < 4.78 is 5.24. The van der Waals surface area contributed by atoms with Gasteiger partial charge < -0.3 is 20.1 Å². The molecule has 0 radical (unpaired) electrons. The van der Waals surface area contributed by atoms with E-state index in [0.717, 1.165) is 11.3 Å². The fraction of sp³-hybridized carbons (Fsp3) is 0.647. The molecule has 0 unspecified atom stereocenters. The summed E-state index contributed by atoms with van der Waals surface area (Å²) in [7, 11) is 0. The van der Waals surface area contributed by atoms with Gasteiger partial charge >= 0.3 is 12.1 Å². The van der Waals surface area contributed by atoms with E-state index in [2.05, 4.69) is 10.3 Å². The predicted octanol–water partition coefficient (Wildman–Crippen LogP) is 2.21. The molecular weight excluding hydrogens is 358 g/mol. The monoisotopic (exact) mass is 383 g/mol. The molecule has 1 aromatic heterocycles. The second-order valence-electron chi connectivity index (χ2n) is 7.29. The van der Waals surface area contributed by atoms with Crippen LogP contribution in [0.1, 0.15) is 54.0 Å². The van der Waals surface area contributed by atoms with Gasteiger partial charge in [0.15, 0.2) is 0 Å². The number of carbonyl (C=O) groups is 3. The number of hydrogen-bond acceptors (Lipinski definition) is 6. The summed E-state index contributed by atoms with van der Waals surface area (Å²) >= 11 is 1.08. The first-order valence-corrected chi connectivity index (χ1v) is 9.33. The van der Waals surface area contributed by atoms with Crippen LogP contribution >= 0.6 is 11.3 Å². The maximum absolute atomic E-state index is 12.5. The Morgan fingerprint density at radius 1 is 1.31 bits per heavy atom. The van der Waals surface area contributed by atoms with E-state index in [1.165, 1.54) is 0 Å². The molecule has 2 amide bonds. The summed E-state index contributed by atoms with van der Waals surface area (Å²) in [6.07, 6.45) is 0.793. The molecule has 1 aromatic rings. The van der Waals surface area contributed by atoms with Gasteiger partial charge in [0.1, 0.15) is 10.5 Å². The van der Waals surface area contributed by atoms with E-state index < -0.39 is 17.7 Å². The molecule has 26 heavy (non-hydrogen) atoms. The lowest BCUT2D eigenvalue weighted by molar-refractivity contribution is -0.131. The molecule has 8 nitrogen and oxygen atoms in total. The topological polar surface area (TPSA) is 109 Å². The molecular formula is C17H25N3O5S. The van der Waals surface area contributed by atoms with Crippen LogP contribution in [0.2, 0.25) is 0 Å². The Morgan fingerprint density at radius 3 is 2.46 bits per heavy atom. The Hall–Kier alpha value is -2.16. The molecule has 1 saturated heterocycles. The van der Waals surface area contributed by atoms with E-state index in [9.17, 15) is 19.5 Å². The van der Waals surface area contributed by atoms with Crippen molar-refractivity contribution in [3.63, 3.8) is 0 Å². The Kier molecular flexibility index (Phi) is 6.22. The van der Waals surface area contributed by atoms with Crippen LogP contribution in [0.25, 0.3) is 0 Å². The van der Waals surface area contributed by atoms with Crippen LogP contribution < -0.4 is 5.32 Å². The highest BCUT2D eigenvalue weighted by Gasteiger charge is 2.27. The molecule has 9 heteroatoms. The number of aryl methyl sites for hydroxylation is 1. The number of rotatable bonds is 4. The van der Waals surface area contributed by atoms with Crippen molar-refractivity contribution in [1.29, 1.82) is 0 Å². The average Bonchev–Trinajstić information content (AvgIpc) is 2.86. The quantitative estimate of drug-likeness (QED) is 0.825. The maximum Gasteiger partial charge on any atom is 0.407 e. The summed E-state index contributed by atoms with van der Waals surface area (Å²) in [5.41, 5.74) is -0.229. The number of carboxylic acids is 1. The molecule has 1 aliphatic heterocycles. The van der Waals surface area contributed by atoms with E-state index in [-0.39, 0.29) is 23.2 Å². The van der Waals surface area contributed by atoms with E-state index in [0.29, 0.717) is 36.6 Å². The van der Waals surface area contributed by atoms with Gasteiger partial charge in [0, 0.05) is 19.1 Å². The minimum absolute atomic E-state index is 0.0177. The third kappa shape index (κ3) is 5.69. The summed E-state index contributed by atoms with van der Waals surface area (Å²) in [6.45, 7) is 8.15.